The molecule has 0 spiro atoms. The number of carbonyl (C=O) groups excluding carboxylic acids is 1. The third-order valence-electron chi connectivity index (χ3n) is 6.87. The quantitative estimate of drug-likeness (QED) is 0.511. The van der Waals surface area contributed by atoms with Crippen LogP contribution in [0.4, 0.5) is 25.0 Å². The SMILES string of the molecule is Cc1cc(N(C(=O)n2nnn(-c3c(F)cccc3F)c2=O)C2CCCCC2)ccc1N1CCOCC1. The van der Waals surface area contributed by atoms with E-state index in [0.717, 1.165) is 68.6 Å². The lowest BCUT2D eigenvalue weighted by atomic mass is 9.93. The van der Waals surface area contributed by atoms with Gasteiger partial charge in [0.25, 0.3) is 0 Å². The molecule has 3 aromatic rings. The molecule has 1 aliphatic carbocycles. The van der Waals surface area contributed by atoms with Gasteiger partial charge in [0.1, 0.15) is 5.69 Å². The fourth-order valence-electron chi connectivity index (χ4n) is 5.07. The van der Waals surface area contributed by atoms with Crippen molar-refractivity contribution < 1.29 is 18.3 Å². The van der Waals surface area contributed by atoms with Crippen LogP contribution in [0.25, 0.3) is 5.69 Å². The Kier molecular flexibility index (Phi) is 6.82. The maximum atomic E-state index is 14.3. The minimum Gasteiger partial charge on any atom is -0.378 e. The van der Waals surface area contributed by atoms with Gasteiger partial charge in [-0.15, -0.1) is 4.68 Å². The van der Waals surface area contributed by atoms with Crippen LogP contribution in [0.5, 0.6) is 0 Å². The average molecular weight is 499 g/mol. The monoisotopic (exact) mass is 498 g/mol. The molecule has 2 aliphatic rings. The summed E-state index contributed by atoms with van der Waals surface area (Å²) in [7, 11) is 0. The fraction of sp³-hybridized carbons (Fsp3) is 0.440. The molecule has 5 rings (SSSR count). The number of carbonyl (C=O) groups is 1. The minimum atomic E-state index is -1.04. The summed E-state index contributed by atoms with van der Waals surface area (Å²) in [5, 5.41) is 7.31. The highest BCUT2D eigenvalue weighted by atomic mass is 19.1. The highest BCUT2D eigenvalue weighted by Gasteiger charge is 2.31. The van der Waals surface area contributed by atoms with Crippen LogP contribution >= 0.6 is 0 Å². The van der Waals surface area contributed by atoms with E-state index in [1.165, 1.54) is 6.07 Å². The molecule has 1 saturated carbocycles. The van der Waals surface area contributed by atoms with Crippen molar-refractivity contribution >= 4 is 17.4 Å². The first-order valence-electron chi connectivity index (χ1n) is 12.2. The Morgan fingerprint density at radius 3 is 2.39 bits per heavy atom. The molecule has 36 heavy (non-hydrogen) atoms. The molecule has 11 heteroatoms. The molecular weight excluding hydrogens is 470 g/mol. The van der Waals surface area contributed by atoms with Crippen LogP contribution in [0.15, 0.2) is 41.2 Å². The number of aromatic nitrogens is 4. The zero-order valence-corrected chi connectivity index (χ0v) is 20.1. The molecular formula is C25H28F2N6O3. The maximum absolute atomic E-state index is 14.3. The second-order valence-electron chi connectivity index (χ2n) is 9.17. The predicted octanol–water partition coefficient (Wildman–Crippen LogP) is 3.66. The normalized spacial score (nSPS) is 16.8. The van der Waals surface area contributed by atoms with Gasteiger partial charge >= 0.3 is 11.7 Å². The van der Waals surface area contributed by atoms with Crippen LogP contribution in [-0.4, -0.2) is 58.2 Å². The van der Waals surface area contributed by atoms with Gasteiger partial charge in [0.2, 0.25) is 0 Å². The number of rotatable bonds is 4. The molecule has 1 amide bonds. The Morgan fingerprint density at radius 1 is 1.03 bits per heavy atom. The van der Waals surface area contributed by atoms with Gasteiger partial charge in [0.05, 0.1) is 13.2 Å². The molecule has 1 aromatic heterocycles. The Hall–Kier alpha value is -3.60. The van der Waals surface area contributed by atoms with Gasteiger partial charge in [-0.25, -0.2) is 18.4 Å². The van der Waals surface area contributed by atoms with Gasteiger partial charge in [-0.1, -0.05) is 25.3 Å². The number of tetrazole rings is 1. The van der Waals surface area contributed by atoms with Gasteiger partial charge in [-0.2, -0.15) is 4.68 Å². The number of morpholine rings is 1. The number of nitrogens with zero attached hydrogens (tertiary/aromatic N) is 6. The van der Waals surface area contributed by atoms with E-state index >= 15 is 0 Å². The van der Waals surface area contributed by atoms with Crippen molar-refractivity contribution in [2.24, 2.45) is 0 Å². The number of ether oxygens (including phenoxy) is 1. The lowest BCUT2D eigenvalue weighted by molar-refractivity contribution is 0.122. The molecule has 9 nitrogen and oxygen atoms in total. The van der Waals surface area contributed by atoms with Gasteiger partial charge in [0.15, 0.2) is 11.6 Å². The van der Waals surface area contributed by atoms with Crippen molar-refractivity contribution in [1.29, 1.82) is 0 Å². The number of halogens is 2. The molecule has 2 aromatic carbocycles. The summed E-state index contributed by atoms with van der Waals surface area (Å²) in [4.78, 5) is 30.6. The van der Waals surface area contributed by atoms with Crippen molar-refractivity contribution in [1.82, 2.24) is 19.8 Å². The summed E-state index contributed by atoms with van der Waals surface area (Å²) in [6.07, 6.45) is 4.56. The largest absolute Gasteiger partial charge is 0.378 e. The number of hydrogen-bond donors (Lipinski definition) is 0. The van der Waals surface area contributed by atoms with Gasteiger partial charge in [-0.05, 0) is 66.1 Å². The van der Waals surface area contributed by atoms with Crippen molar-refractivity contribution in [2.75, 3.05) is 36.1 Å². The van der Waals surface area contributed by atoms with Crippen molar-refractivity contribution in [2.45, 2.75) is 45.1 Å². The van der Waals surface area contributed by atoms with Crippen LogP contribution in [0.1, 0.15) is 37.7 Å². The van der Waals surface area contributed by atoms with Crippen molar-refractivity contribution in [3.8, 4) is 5.69 Å². The summed E-state index contributed by atoms with van der Waals surface area (Å²) in [5.74, 6) is -1.95. The number of anilines is 2. The van der Waals surface area contributed by atoms with E-state index in [2.05, 4.69) is 15.3 Å². The number of aryl methyl sites for hydroxylation is 1. The van der Waals surface area contributed by atoms with Crippen molar-refractivity contribution in [3.63, 3.8) is 0 Å². The molecule has 2 fully saturated rings. The first-order chi connectivity index (χ1) is 17.5. The summed E-state index contributed by atoms with van der Waals surface area (Å²) in [6, 6.07) is 8.16. The van der Waals surface area contributed by atoms with Gasteiger partial charge in [0, 0.05) is 30.5 Å². The van der Waals surface area contributed by atoms with Gasteiger partial charge in [-0.3, -0.25) is 4.90 Å². The maximum Gasteiger partial charge on any atom is 0.377 e. The Bertz CT molecular complexity index is 1290. The van der Waals surface area contributed by atoms with Crippen LogP contribution < -0.4 is 15.5 Å². The standard InChI is InChI=1S/C25H28F2N6O3/c1-17-16-19(10-11-22(17)30-12-14-36-15-13-30)31(18-6-3-2-4-7-18)24(34)33-25(35)32(28-29-33)23-20(26)8-5-9-21(23)27/h5,8-11,16,18H,2-4,6-7,12-15H2,1H3. The number of benzene rings is 2. The first-order valence-corrected chi connectivity index (χ1v) is 12.2. The summed E-state index contributed by atoms with van der Waals surface area (Å²) >= 11 is 0. The predicted molar refractivity (Wildman–Crippen MR) is 130 cm³/mol. The first kappa shape index (κ1) is 24.1. The summed E-state index contributed by atoms with van der Waals surface area (Å²) < 4.78 is 35.1. The molecule has 0 radical (unpaired) electrons. The van der Waals surface area contributed by atoms with Crippen LogP contribution in [-0.2, 0) is 4.74 Å². The molecule has 1 aliphatic heterocycles. The minimum absolute atomic E-state index is 0.137. The third-order valence-corrected chi connectivity index (χ3v) is 6.87. The smallest absolute Gasteiger partial charge is 0.377 e. The lowest BCUT2D eigenvalue weighted by Crippen LogP contribution is -2.47. The molecule has 2 heterocycles. The molecule has 0 N–H and O–H groups in total. The number of amides is 1. The van der Waals surface area contributed by atoms with E-state index in [1.807, 2.05) is 25.1 Å². The molecule has 0 atom stereocenters. The second kappa shape index (κ2) is 10.2. The van der Waals surface area contributed by atoms with E-state index in [1.54, 1.807) is 4.90 Å². The topological polar surface area (TPSA) is 85.5 Å². The zero-order chi connectivity index (χ0) is 25.2. The highest BCUT2D eigenvalue weighted by Crippen LogP contribution is 2.32. The lowest BCUT2D eigenvalue weighted by Gasteiger charge is -2.35. The van der Waals surface area contributed by atoms with E-state index in [9.17, 15) is 18.4 Å². The van der Waals surface area contributed by atoms with E-state index in [4.69, 9.17) is 4.74 Å². The zero-order valence-electron chi connectivity index (χ0n) is 20.1. The van der Waals surface area contributed by atoms with E-state index < -0.39 is 29.0 Å². The molecule has 0 unspecified atom stereocenters. The molecule has 190 valence electrons. The van der Waals surface area contributed by atoms with Crippen molar-refractivity contribution in [3.05, 3.63) is 64.1 Å². The fourth-order valence-corrected chi connectivity index (χ4v) is 5.07. The summed E-state index contributed by atoms with van der Waals surface area (Å²) in [5.41, 5.74) is 0.992. The van der Waals surface area contributed by atoms with E-state index in [-0.39, 0.29) is 6.04 Å². The van der Waals surface area contributed by atoms with Crippen LogP contribution in [0.3, 0.4) is 0 Å². The number of hydrogen-bond acceptors (Lipinski definition) is 6. The summed E-state index contributed by atoms with van der Waals surface area (Å²) in [6.45, 7) is 4.89. The van der Waals surface area contributed by atoms with Gasteiger partial charge < -0.3 is 9.64 Å². The third kappa shape index (κ3) is 4.50. The Morgan fingerprint density at radius 2 is 1.72 bits per heavy atom. The van der Waals surface area contributed by atoms with E-state index in [0.29, 0.717) is 28.3 Å². The van der Waals surface area contributed by atoms with Crippen LogP contribution in [0.2, 0.25) is 0 Å². The Balaban J connectivity index is 1.52. The number of para-hydroxylation sites is 1. The Labute approximate surface area is 206 Å². The molecule has 1 saturated heterocycles. The average Bonchev–Trinajstić information content (AvgIpc) is 3.26. The molecule has 0 bridgehead atoms. The second-order valence-corrected chi connectivity index (χ2v) is 9.17. The van der Waals surface area contributed by atoms with Crippen LogP contribution in [0, 0.1) is 18.6 Å². The highest BCUT2D eigenvalue weighted by molar-refractivity contribution is 5.94.